The number of hydrogen-bond acceptors (Lipinski definition) is 3. The summed E-state index contributed by atoms with van der Waals surface area (Å²) in [5.74, 6) is 0.798. The summed E-state index contributed by atoms with van der Waals surface area (Å²) in [4.78, 5) is 14.7. The highest BCUT2D eigenvalue weighted by atomic mass is 35.5. The molecule has 1 unspecified atom stereocenters. The fourth-order valence-corrected chi connectivity index (χ4v) is 6.61. The number of fused-ring (bicyclic) bond motifs is 5. The van der Waals surface area contributed by atoms with Gasteiger partial charge in [-0.3, -0.25) is 14.5 Å². The molecule has 0 aliphatic heterocycles. The van der Waals surface area contributed by atoms with Gasteiger partial charge in [-0.1, -0.05) is 84.4 Å². The summed E-state index contributed by atoms with van der Waals surface area (Å²) in [7, 11) is 0. The van der Waals surface area contributed by atoms with E-state index in [9.17, 15) is 0 Å². The molecule has 0 N–H and O–H groups in total. The van der Waals surface area contributed by atoms with Crippen molar-refractivity contribution in [2.24, 2.45) is 0 Å². The molecule has 0 saturated carbocycles. The molecule has 1 aliphatic carbocycles. The first-order chi connectivity index (χ1) is 20.3. The third-order valence-electron chi connectivity index (χ3n) is 8.10. The molecular weight excluding hydrogens is 524 g/mol. The lowest BCUT2D eigenvalue weighted by molar-refractivity contribution is 0.768. The molecule has 194 valence electrons. The van der Waals surface area contributed by atoms with Crippen molar-refractivity contribution in [1.29, 1.82) is 0 Å². The number of aromatic nitrogens is 4. The Morgan fingerprint density at radius 1 is 0.634 bits per heavy atom. The van der Waals surface area contributed by atoms with Crippen molar-refractivity contribution in [1.82, 2.24) is 19.5 Å². The lowest BCUT2D eigenvalue weighted by atomic mass is 9.68. The molecule has 0 spiro atoms. The van der Waals surface area contributed by atoms with Crippen LogP contribution in [0.25, 0.3) is 39.4 Å². The van der Waals surface area contributed by atoms with Crippen LogP contribution in [0.4, 0.5) is 0 Å². The molecule has 0 fully saturated rings. The molecular formula is C36H23ClN4. The molecule has 0 amide bonds. The second-order valence-electron chi connectivity index (χ2n) is 10.2. The summed E-state index contributed by atoms with van der Waals surface area (Å²) in [6.45, 7) is 0. The Morgan fingerprint density at radius 2 is 1.44 bits per heavy atom. The van der Waals surface area contributed by atoms with Gasteiger partial charge in [0.05, 0.1) is 16.4 Å². The number of benzene rings is 4. The molecule has 0 radical (unpaired) electrons. The first kappa shape index (κ1) is 23.8. The van der Waals surface area contributed by atoms with Gasteiger partial charge in [-0.25, -0.2) is 4.98 Å². The highest BCUT2D eigenvalue weighted by Gasteiger charge is 2.48. The van der Waals surface area contributed by atoms with E-state index in [0.29, 0.717) is 5.02 Å². The minimum atomic E-state index is -0.651. The third-order valence-corrected chi connectivity index (χ3v) is 8.36. The maximum Gasteiger partial charge on any atom is 0.164 e. The van der Waals surface area contributed by atoms with Crippen molar-refractivity contribution in [3.05, 3.63) is 167 Å². The zero-order valence-corrected chi connectivity index (χ0v) is 22.7. The third kappa shape index (κ3) is 3.44. The first-order valence-corrected chi connectivity index (χ1v) is 13.9. The number of para-hydroxylation sites is 1. The summed E-state index contributed by atoms with van der Waals surface area (Å²) in [5, 5.41) is 0.700. The van der Waals surface area contributed by atoms with E-state index < -0.39 is 5.41 Å². The second kappa shape index (κ2) is 9.26. The van der Waals surface area contributed by atoms with E-state index in [1.54, 1.807) is 0 Å². The van der Waals surface area contributed by atoms with E-state index in [1.165, 1.54) is 11.1 Å². The number of imidazole rings is 1. The maximum absolute atomic E-state index is 6.43. The summed E-state index contributed by atoms with van der Waals surface area (Å²) >= 11 is 6.43. The smallest absolute Gasteiger partial charge is 0.164 e. The molecule has 0 bridgehead atoms. The van der Waals surface area contributed by atoms with Crippen LogP contribution in [0.3, 0.4) is 0 Å². The summed E-state index contributed by atoms with van der Waals surface area (Å²) in [6.07, 6.45) is 5.62. The molecule has 8 rings (SSSR count). The highest BCUT2D eigenvalue weighted by molar-refractivity contribution is 6.30. The zero-order chi connectivity index (χ0) is 27.4. The molecule has 7 aromatic rings. The van der Waals surface area contributed by atoms with Gasteiger partial charge >= 0.3 is 0 Å². The predicted molar refractivity (Wildman–Crippen MR) is 164 cm³/mol. The minimum absolute atomic E-state index is 0.651. The van der Waals surface area contributed by atoms with Gasteiger partial charge in [0.2, 0.25) is 0 Å². The fraction of sp³-hybridized carbons (Fsp3) is 0.0278. The summed E-state index contributed by atoms with van der Waals surface area (Å²) in [6, 6.07) is 41.8. The Bertz CT molecular complexity index is 2040. The van der Waals surface area contributed by atoms with Crippen molar-refractivity contribution in [2.75, 3.05) is 0 Å². The molecule has 1 atom stereocenters. The molecule has 3 heterocycles. The topological polar surface area (TPSA) is 43.6 Å². The van der Waals surface area contributed by atoms with Gasteiger partial charge in [0.1, 0.15) is 5.69 Å². The number of rotatable bonds is 4. The predicted octanol–water partition coefficient (Wildman–Crippen LogP) is 8.50. The van der Waals surface area contributed by atoms with E-state index in [0.717, 1.165) is 50.5 Å². The number of nitrogens with zero attached hydrogens (tertiary/aromatic N) is 4. The van der Waals surface area contributed by atoms with Crippen LogP contribution in [0, 0.1) is 0 Å². The van der Waals surface area contributed by atoms with Gasteiger partial charge in [-0.15, -0.1) is 0 Å². The number of hydrogen-bond donors (Lipinski definition) is 0. The second-order valence-corrected chi connectivity index (χ2v) is 10.7. The molecule has 0 saturated heterocycles. The average Bonchev–Trinajstić information content (AvgIpc) is 3.57. The van der Waals surface area contributed by atoms with Crippen LogP contribution >= 0.6 is 11.6 Å². The lowest BCUT2D eigenvalue weighted by Gasteiger charge is -2.33. The molecule has 41 heavy (non-hydrogen) atoms. The van der Waals surface area contributed by atoms with Gasteiger partial charge in [0.15, 0.2) is 5.82 Å². The van der Waals surface area contributed by atoms with E-state index in [4.69, 9.17) is 21.6 Å². The van der Waals surface area contributed by atoms with E-state index in [2.05, 4.69) is 88.4 Å². The largest absolute Gasteiger partial charge is 0.291 e. The Labute approximate surface area is 242 Å². The van der Waals surface area contributed by atoms with Crippen LogP contribution in [-0.4, -0.2) is 19.5 Å². The van der Waals surface area contributed by atoms with E-state index in [1.807, 2.05) is 61.1 Å². The average molecular weight is 547 g/mol. The van der Waals surface area contributed by atoms with E-state index >= 15 is 0 Å². The van der Waals surface area contributed by atoms with Crippen LogP contribution in [0.5, 0.6) is 0 Å². The quantitative estimate of drug-likeness (QED) is 0.222. The van der Waals surface area contributed by atoms with Gasteiger partial charge in [-0.05, 0) is 76.3 Å². The SMILES string of the molecule is Clc1ccc(C2(c3cccnc3)c3ccccc3-c3ccc4c(nc(-c5ccccn5)n4-c4ccccc4)c32)cc1. The number of pyridine rings is 2. The Kier molecular flexibility index (Phi) is 5.37. The summed E-state index contributed by atoms with van der Waals surface area (Å²) < 4.78 is 2.22. The van der Waals surface area contributed by atoms with Crippen LogP contribution in [0.15, 0.2) is 140 Å². The normalized spacial score (nSPS) is 15.5. The minimum Gasteiger partial charge on any atom is -0.291 e. The standard InChI is InChI=1S/C36H23ClN4/c37-26-17-15-24(16-18-26)36(25-9-8-21-38-23-25)30-13-5-4-12-28(30)29-19-20-32-34(33(29)36)40-35(31-14-6-7-22-39-31)41(32)27-10-2-1-3-11-27/h1-23H. The first-order valence-electron chi connectivity index (χ1n) is 13.6. The van der Waals surface area contributed by atoms with E-state index in [-0.39, 0.29) is 0 Å². The molecule has 1 aliphatic rings. The molecule has 5 heteroatoms. The molecule has 3 aromatic heterocycles. The van der Waals surface area contributed by atoms with Crippen LogP contribution in [0.1, 0.15) is 22.3 Å². The highest BCUT2D eigenvalue weighted by Crippen LogP contribution is 2.58. The van der Waals surface area contributed by atoms with Gasteiger partial charge < -0.3 is 0 Å². The van der Waals surface area contributed by atoms with Crippen molar-refractivity contribution < 1.29 is 0 Å². The Morgan fingerprint density at radius 3 is 2.22 bits per heavy atom. The maximum atomic E-state index is 6.43. The van der Waals surface area contributed by atoms with Crippen molar-refractivity contribution in [3.8, 4) is 28.3 Å². The monoisotopic (exact) mass is 546 g/mol. The van der Waals surface area contributed by atoms with Crippen LogP contribution in [0.2, 0.25) is 5.02 Å². The van der Waals surface area contributed by atoms with Gasteiger partial charge in [0, 0.05) is 34.9 Å². The van der Waals surface area contributed by atoms with Crippen molar-refractivity contribution in [3.63, 3.8) is 0 Å². The zero-order valence-electron chi connectivity index (χ0n) is 21.9. The number of halogens is 1. The summed E-state index contributed by atoms with van der Waals surface area (Å²) in [5.41, 5.74) is 10.0. The van der Waals surface area contributed by atoms with Gasteiger partial charge in [0.25, 0.3) is 0 Å². The fourth-order valence-electron chi connectivity index (χ4n) is 6.48. The van der Waals surface area contributed by atoms with Gasteiger partial charge in [-0.2, -0.15) is 0 Å². The van der Waals surface area contributed by atoms with Crippen LogP contribution in [-0.2, 0) is 5.41 Å². The molecule has 4 aromatic carbocycles. The molecule has 4 nitrogen and oxygen atoms in total. The van der Waals surface area contributed by atoms with Crippen LogP contribution < -0.4 is 0 Å². The Hall–Kier alpha value is -5.06. The van der Waals surface area contributed by atoms with Crippen molar-refractivity contribution in [2.45, 2.75) is 5.41 Å². The Balaban J connectivity index is 1.57. The lowest BCUT2D eigenvalue weighted by Crippen LogP contribution is -2.29. The van der Waals surface area contributed by atoms with Crippen molar-refractivity contribution >= 4 is 22.6 Å².